The molecule has 122 valence electrons. The highest BCUT2D eigenvalue weighted by molar-refractivity contribution is 6.80. The third kappa shape index (κ3) is 5.10. The van der Waals surface area contributed by atoms with Crippen LogP contribution in [0.3, 0.4) is 0 Å². The van der Waals surface area contributed by atoms with Crippen LogP contribution in [0.15, 0.2) is 42.5 Å². The van der Waals surface area contributed by atoms with Gasteiger partial charge >= 0.3 is 6.92 Å². The second-order valence-electron chi connectivity index (χ2n) is 6.16. The maximum absolute atomic E-state index is 6.31. The summed E-state index contributed by atoms with van der Waals surface area (Å²) in [6, 6.07) is 14.8. The fourth-order valence-corrected chi connectivity index (χ4v) is 2.63. The van der Waals surface area contributed by atoms with Gasteiger partial charge in [0.05, 0.1) is 0 Å². The second-order valence-corrected chi connectivity index (χ2v) is 6.57. The van der Waals surface area contributed by atoms with Crippen molar-refractivity contribution < 1.29 is 4.65 Å². The second kappa shape index (κ2) is 8.53. The predicted octanol–water partition coefficient (Wildman–Crippen LogP) is 2.89. The molecule has 0 heterocycles. The summed E-state index contributed by atoms with van der Waals surface area (Å²) in [4.78, 5) is 2.12. The molecule has 0 aliphatic heterocycles. The topological polar surface area (TPSA) is 12.5 Å². The van der Waals surface area contributed by atoms with Gasteiger partial charge in [0, 0.05) is 18.2 Å². The Morgan fingerprint density at radius 3 is 2.26 bits per heavy atom. The van der Waals surface area contributed by atoms with Crippen LogP contribution in [-0.2, 0) is 11.1 Å². The number of benzene rings is 2. The van der Waals surface area contributed by atoms with Gasteiger partial charge in [-0.1, -0.05) is 54.9 Å². The summed E-state index contributed by atoms with van der Waals surface area (Å²) < 4.78 is 6.19. The minimum atomic E-state index is -0.0843. The normalized spacial score (nSPS) is 11.0. The average molecular weight is 330 g/mol. The first-order chi connectivity index (χ1) is 11.0. The molecular weight excluding hydrogens is 304 g/mol. The smallest absolute Gasteiger partial charge is 0.361 e. The van der Waals surface area contributed by atoms with Crippen molar-refractivity contribution in [3.8, 4) is 0 Å². The van der Waals surface area contributed by atoms with E-state index in [1.807, 2.05) is 13.0 Å². The lowest BCUT2D eigenvalue weighted by atomic mass is 9.55. The standard InChI is InChI=1S/C19H25BClNO/c1-5-16-7-10-17(11-8-16)20(23-13-12-22(3)4)18-9-6-15(2)19(21)14-18/h6-11,14H,5,12-13H2,1-4H3. The lowest BCUT2D eigenvalue weighted by Gasteiger charge is -2.18. The third-order valence-electron chi connectivity index (χ3n) is 4.01. The molecule has 23 heavy (non-hydrogen) atoms. The van der Waals surface area contributed by atoms with Gasteiger partial charge in [0.25, 0.3) is 0 Å². The molecule has 0 N–H and O–H groups in total. The molecule has 0 fully saturated rings. The quantitative estimate of drug-likeness (QED) is 0.724. The van der Waals surface area contributed by atoms with Gasteiger partial charge in [-0.3, -0.25) is 0 Å². The van der Waals surface area contributed by atoms with Crippen molar-refractivity contribution >= 4 is 29.4 Å². The van der Waals surface area contributed by atoms with Crippen molar-refractivity contribution in [2.45, 2.75) is 20.3 Å². The number of hydrogen-bond acceptors (Lipinski definition) is 2. The van der Waals surface area contributed by atoms with E-state index in [-0.39, 0.29) is 6.92 Å². The molecule has 0 amide bonds. The highest BCUT2D eigenvalue weighted by atomic mass is 35.5. The first-order valence-electron chi connectivity index (χ1n) is 8.12. The van der Waals surface area contributed by atoms with Crippen LogP contribution >= 0.6 is 11.6 Å². The van der Waals surface area contributed by atoms with Crippen LogP contribution < -0.4 is 10.9 Å². The van der Waals surface area contributed by atoms with Crippen LogP contribution in [0.1, 0.15) is 18.1 Å². The van der Waals surface area contributed by atoms with Crippen LogP contribution in [0.2, 0.25) is 5.02 Å². The van der Waals surface area contributed by atoms with Gasteiger partial charge in [0.15, 0.2) is 0 Å². The van der Waals surface area contributed by atoms with Gasteiger partial charge in [-0.15, -0.1) is 0 Å². The molecule has 0 atom stereocenters. The Balaban J connectivity index is 2.27. The molecule has 0 spiro atoms. The lowest BCUT2D eigenvalue weighted by molar-refractivity contribution is 0.269. The fourth-order valence-electron chi connectivity index (χ4n) is 2.44. The van der Waals surface area contributed by atoms with Crippen LogP contribution in [-0.4, -0.2) is 39.1 Å². The summed E-state index contributed by atoms with van der Waals surface area (Å²) in [5.74, 6) is 0. The van der Waals surface area contributed by atoms with Crippen LogP contribution in [0.4, 0.5) is 0 Å². The molecule has 0 aliphatic carbocycles. The Hall–Kier alpha value is -1.29. The summed E-state index contributed by atoms with van der Waals surface area (Å²) in [6.45, 7) is 5.67. The SMILES string of the molecule is CCc1ccc(B(OCCN(C)C)c2ccc(C)c(Cl)c2)cc1. The van der Waals surface area contributed by atoms with E-state index in [0.717, 1.165) is 29.0 Å². The molecular formula is C19H25BClNO. The van der Waals surface area contributed by atoms with E-state index in [0.29, 0.717) is 6.61 Å². The highest BCUT2D eigenvalue weighted by Gasteiger charge is 2.22. The molecule has 2 rings (SSSR count). The Morgan fingerprint density at radius 2 is 1.70 bits per heavy atom. The third-order valence-corrected chi connectivity index (χ3v) is 4.42. The van der Waals surface area contributed by atoms with Crippen molar-refractivity contribution in [3.63, 3.8) is 0 Å². The summed E-state index contributed by atoms with van der Waals surface area (Å²) in [5.41, 5.74) is 4.69. The van der Waals surface area contributed by atoms with E-state index in [1.165, 1.54) is 11.0 Å². The van der Waals surface area contributed by atoms with E-state index >= 15 is 0 Å². The van der Waals surface area contributed by atoms with Gasteiger partial charge in [-0.05, 0) is 55.6 Å². The van der Waals surface area contributed by atoms with Crippen molar-refractivity contribution in [3.05, 3.63) is 58.6 Å². The molecule has 2 aromatic carbocycles. The van der Waals surface area contributed by atoms with E-state index in [2.05, 4.69) is 62.3 Å². The number of nitrogens with zero attached hydrogens (tertiary/aromatic N) is 1. The molecule has 2 aromatic rings. The minimum absolute atomic E-state index is 0.0843. The Labute approximate surface area is 145 Å². The molecule has 0 aliphatic rings. The van der Waals surface area contributed by atoms with Crippen LogP contribution in [0.5, 0.6) is 0 Å². The molecule has 0 saturated carbocycles. The van der Waals surface area contributed by atoms with Crippen molar-refractivity contribution in [1.82, 2.24) is 4.90 Å². The van der Waals surface area contributed by atoms with Gasteiger partial charge in [0.2, 0.25) is 0 Å². The average Bonchev–Trinajstić information content (AvgIpc) is 2.54. The molecule has 0 unspecified atom stereocenters. The molecule has 2 nitrogen and oxygen atoms in total. The largest absolute Gasteiger partial charge is 0.426 e. The molecule has 4 heteroatoms. The predicted molar refractivity (Wildman–Crippen MR) is 102 cm³/mol. The first-order valence-corrected chi connectivity index (χ1v) is 8.50. The summed E-state index contributed by atoms with van der Waals surface area (Å²) in [7, 11) is 4.11. The number of aryl methyl sites for hydroxylation is 2. The van der Waals surface area contributed by atoms with Gasteiger partial charge in [-0.2, -0.15) is 0 Å². The summed E-state index contributed by atoms with van der Waals surface area (Å²) in [6.07, 6.45) is 1.04. The monoisotopic (exact) mass is 329 g/mol. The molecule has 0 saturated heterocycles. The summed E-state index contributed by atoms with van der Waals surface area (Å²) in [5, 5.41) is 0.786. The minimum Gasteiger partial charge on any atom is -0.426 e. The zero-order chi connectivity index (χ0) is 16.8. The van der Waals surface area contributed by atoms with E-state index < -0.39 is 0 Å². The van der Waals surface area contributed by atoms with Crippen molar-refractivity contribution in [1.29, 1.82) is 0 Å². The fraction of sp³-hybridized carbons (Fsp3) is 0.368. The van der Waals surface area contributed by atoms with E-state index in [9.17, 15) is 0 Å². The van der Waals surface area contributed by atoms with Crippen LogP contribution in [0.25, 0.3) is 0 Å². The zero-order valence-electron chi connectivity index (χ0n) is 14.5. The van der Waals surface area contributed by atoms with Crippen molar-refractivity contribution in [2.24, 2.45) is 0 Å². The van der Waals surface area contributed by atoms with Gasteiger partial charge in [0.1, 0.15) is 0 Å². The highest BCUT2D eigenvalue weighted by Crippen LogP contribution is 2.12. The number of halogens is 1. The first kappa shape index (κ1) is 18.1. The summed E-state index contributed by atoms with van der Waals surface area (Å²) >= 11 is 6.31. The number of likely N-dealkylation sites (N-methyl/N-ethyl adjacent to an activating group) is 1. The number of rotatable bonds is 7. The maximum Gasteiger partial charge on any atom is 0.361 e. The zero-order valence-corrected chi connectivity index (χ0v) is 15.2. The Morgan fingerprint density at radius 1 is 1.04 bits per heavy atom. The Kier molecular flexibility index (Phi) is 6.70. The lowest BCUT2D eigenvalue weighted by Crippen LogP contribution is -2.46. The maximum atomic E-state index is 6.31. The van der Waals surface area contributed by atoms with Crippen molar-refractivity contribution in [2.75, 3.05) is 27.2 Å². The van der Waals surface area contributed by atoms with Gasteiger partial charge < -0.3 is 9.55 Å². The van der Waals surface area contributed by atoms with Gasteiger partial charge in [-0.25, -0.2) is 0 Å². The van der Waals surface area contributed by atoms with E-state index in [1.54, 1.807) is 0 Å². The van der Waals surface area contributed by atoms with Crippen LogP contribution in [0, 0.1) is 6.92 Å². The molecule has 0 aromatic heterocycles. The number of hydrogen-bond donors (Lipinski definition) is 0. The molecule has 0 bridgehead atoms. The molecule has 0 radical (unpaired) electrons. The van der Waals surface area contributed by atoms with E-state index in [4.69, 9.17) is 16.3 Å². The Bertz CT molecular complexity index is 628.